The van der Waals surface area contributed by atoms with Gasteiger partial charge in [-0.1, -0.05) is 11.8 Å². The number of aryl methyl sites for hydroxylation is 1. The van der Waals surface area contributed by atoms with Crippen molar-refractivity contribution in [2.45, 2.75) is 36.9 Å². The van der Waals surface area contributed by atoms with E-state index in [-0.39, 0.29) is 6.42 Å². The second kappa shape index (κ2) is 6.65. The van der Waals surface area contributed by atoms with Crippen LogP contribution in [0.5, 0.6) is 0 Å². The summed E-state index contributed by atoms with van der Waals surface area (Å²) < 4.78 is 7.08. The minimum atomic E-state index is -0.699. The van der Waals surface area contributed by atoms with Gasteiger partial charge in [0.1, 0.15) is 6.23 Å². The van der Waals surface area contributed by atoms with Crippen LogP contribution in [0.3, 0.4) is 0 Å². The van der Waals surface area contributed by atoms with Crippen molar-refractivity contribution in [2.24, 2.45) is 0 Å². The van der Waals surface area contributed by atoms with Crippen LogP contribution in [0.4, 0.5) is 0 Å². The van der Waals surface area contributed by atoms with E-state index in [1.54, 1.807) is 25.4 Å². The van der Waals surface area contributed by atoms with E-state index >= 15 is 0 Å². The number of aromatic nitrogens is 4. The fourth-order valence-corrected chi connectivity index (χ4v) is 3.24. The van der Waals surface area contributed by atoms with E-state index in [4.69, 9.17) is 4.74 Å². The van der Waals surface area contributed by atoms with Crippen molar-refractivity contribution in [1.29, 1.82) is 0 Å². The average molecular weight is 336 g/mol. The van der Waals surface area contributed by atoms with Crippen LogP contribution in [0.1, 0.15) is 18.2 Å². The monoisotopic (exact) mass is 336 g/mol. The number of nitrogens with zero attached hydrogens (tertiary/aromatic N) is 3. The summed E-state index contributed by atoms with van der Waals surface area (Å²) in [5.74, 6) is 0.471. The number of ether oxygens (including phenoxy) is 1. The molecule has 122 valence electrons. The van der Waals surface area contributed by atoms with Gasteiger partial charge in [-0.2, -0.15) is 0 Å². The van der Waals surface area contributed by atoms with Crippen LogP contribution in [-0.4, -0.2) is 42.6 Å². The van der Waals surface area contributed by atoms with Gasteiger partial charge in [-0.25, -0.2) is 14.8 Å². The van der Waals surface area contributed by atoms with Gasteiger partial charge in [0.05, 0.1) is 12.2 Å². The first kappa shape index (κ1) is 15.9. The molecule has 1 aliphatic heterocycles. The van der Waals surface area contributed by atoms with Gasteiger partial charge >= 0.3 is 5.69 Å². The highest BCUT2D eigenvalue weighted by Gasteiger charge is 2.35. The molecule has 0 bridgehead atoms. The molecule has 1 aliphatic rings. The first-order valence-corrected chi connectivity index (χ1v) is 8.08. The van der Waals surface area contributed by atoms with Crippen molar-refractivity contribution < 1.29 is 9.84 Å². The molecule has 0 aromatic carbocycles. The second-order valence-electron chi connectivity index (χ2n) is 5.25. The standard InChI is InChI=1S/C14H16N4O4S/c1-8-6-18(14(21)17-12(8)20)11-5-9(19)10(22-11)7-23-13-15-3-2-4-16-13/h2-4,6,9-11,19H,5,7H2,1H3,(H,17,20,21)/t9-,10+,11+/m0/s1. The van der Waals surface area contributed by atoms with Gasteiger partial charge in [0.2, 0.25) is 0 Å². The predicted molar refractivity (Wildman–Crippen MR) is 83.3 cm³/mol. The normalized spacial score (nSPS) is 24.0. The third-order valence-electron chi connectivity index (χ3n) is 3.58. The molecule has 0 radical (unpaired) electrons. The Balaban J connectivity index is 1.70. The van der Waals surface area contributed by atoms with Crippen molar-refractivity contribution in [2.75, 3.05) is 5.75 Å². The molecule has 1 saturated heterocycles. The van der Waals surface area contributed by atoms with E-state index in [2.05, 4.69) is 15.0 Å². The van der Waals surface area contributed by atoms with Crippen molar-refractivity contribution in [1.82, 2.24) is 19.5 Å². The average Bonchev–Trinajstić information content (AvgIpc) is 2.91. The zero-order chi connectivity index (χ0) is 16.4. The summed E-state index contributed by atoms with van der Waals surface area (Å²) in [6.07, 6.45) is 3.29. The Labute approximate surface area is 135 Å². The van der Waals surface area contributed by atoms with Crippen LogP contribution in [0.2, 0.25) is 0 Å². The van der Waals surface area contributed by atoms with Crippen LogP contribution in [0.15, 0.2) is 39.4 Å². The Hall–Kier alpha value is -1.97. The Morgan fingerprint density at radius 1 is 1.43 bits per heavy atom. The van der Waals surface area contributed by atoms with Crippen LogP contribution in [0.25, 0.3) is 0 Å². The van der Waals surface area contributed by atoms with Gasteiger partial charge in [-0.05, 0) is 13.0 Å². The number of aromatic amines is 1. The number of hydrogen-bond donors (Lipinski definition) is 2. The minimum absolute atomic E-state index is 0.284. The third-order valence-corrected chi connectivity index (χ3v) is 4.54. The smallest absolute Gasteiger partial charge is 0.330 e. The fraction of sp³-hybridized carbons (Fsp3) is 0.429. The lowest BCUT2D eigenvalue weighted by atomic mass is 10.2. The molecule has 0 spiro atoms. The quantitative estimate of drug-likeness (QED) is 0.601. The second-order valence-corrected chi connectivity index (χ2v) is 6.24. The summed E-state index contributed by atoms with van der Waals surface area (Å²) in [4.78, 5) is 33.7. The van der Waals surface area contributed by atoms with E-state index in [0.29, 0.717) is 16.5 Å². The Morgan fingerprint density at radius 3 is 2.91 bits per heavy atom. The van der Waals surface area contributed by atoms with Gasteiger partial charge < -0.3 is 9.84 Å². The Bertz CT molecular complexity index is 791. The number of aliphatic hydroxyl groups is 1. The molecule has 8 nitrogen and oxygen atoms in total. The zero-order valence-electron chi connectivity index (χ0n) is 12.4. The number of nitrogens with one attached hydrogen (secondary N) is 1. The molecule has 23 heavy (non-hydrogen) atoms. The molecule has 9 heteroatoms. The summed E-state index contributed by atoms with van der Waals surface area (Å²) in [5, 5.41) is 10.7. The van der Waals surface area contributed by atoms with E-state index in [9.17, 15) is 14.7 Å². The summed E-state index contributed by atoms with van der Waals surface area (Å²) in [5.41, 5.74) is -0.547. The van der Waals surface area contributed by atoms with Crippen LogP contribution in [-0.2, 0) is 4.74 Å². The van der Waals surface area contributed by atoms with Crippen molar-refractivity contribution in [3.8, 4) is 0 Å². The molecule has 0 amide bonds. The minimum Gasteiger partial charge on any atom is -0.390 e. The maximum atomic E-state index is 11.9. The number of hydrogen-bond acceptors (Lipinski definition) is 7. The van der Waals surface area contributed by atoms with Crippen LogP contribution < -0.4 is 11.2 Å². The highest BCUT2D eigenvalue weighted by Crippen LogP contribution is 2.30. The van der Waals surface area contributed by atoms with E-state index in [1.807, 2.05) is 0 Å². The molecule has 3 atom stereocenters. The first-order valence-electron chi connectivity index (χ1n) is 7.10. The molecule has 3 heterocycles. The van der Waals surface area contributed by atoms with Gasteiger partial charge in [0.25, 0.3) is 5.56 Å². The lowest BCUT2D eigenvalue weighted by molar-refractivity contribution is -0.00766. The summed E-state index contributed by atoms with van der Waals surface area (Å²) in [6.45, 7) is 1.61. The van der Waals surface area contributed by atoms with Gasteiger partial charge in [-0.3, -0.25) is 14.3 Å². The molecule has 3 rings (SSSR count). The SMILES string of the molecule is Cc1cn([C@H]2C[C@H](O)[C@@H](CSc3ncccn3)O2)c(=O)[nH]c1=O. The van der Waals surface area contributed by atoms with Crippen molar-refractivity contribution >= 4 is 11.8 Å². The number of thioether (sulfide) groups is 1. The lowest BCUT2D eigenvalue weighted by Gasteiger charge is -2.15. The van der Waals surface area contributed by atoms with Gasteiger partial charge in [0.15, 0.2) is 5.16 Å². The maximum Gasteiger partial charge on any atom is 0.330 e. The van der Waals surface area contributed by atoms with Gasteiger partial charge in [-0.15, -0.1) is 0 Å². The zero-order valence-corrected chi connectivity index (χ0v) is 13.2. The fourth-order valence-electron chi connectivity index (χ4n) is 2.35. The topological polar surface area (TPSA) is 110 Å². The predicted octanol–water partition coefficient (Wildman–Crippen LogP) is 0.0757. The number of H-pyrrole nitrogens is 1. The lowest BCUT2D eigenvalue weighted by Crippen LogP contribution is -2.33. The van der Waals surface area contributed by atoms with E-state index < -0.39 is 29.7 Å². The Morgan fingerprint density at radius 2 is 2.17 bits per heavy atom. The van der Waals surface area contributed by atoms with E-state index in [0.717, 1.165) is 0 Å². The molecule has 0 saturated carbocycles. The summed E-state index contributed by atoms with van der Waals surface area (Å²) in [7, 11) is 0. The summed E-state index contributed by atoms with van der Waals surface area (Å²) in [6, 6.07) is 1.73. The van der Waals surface area contributed by atoms with E-state index in [1.165, 1.54) is 22.5 Å². The van der Waals surface area contributed by atoms with Crippen molar-refractivity contribution in [3.63, 3.8) is 0 Å². The van der Waals surface area contributed by atoms with Crippen LogP contribution in [0, 0.1) is 6.92 Å². The Kier molecular flexibility index (Phi) is 4.60. The van der Waals surface area contributed by atoms with Crippen LogP contribution >= 0.6 is 11.8 Å². The summed E-state index contributed by atoms with van der Waals surface area (Å²) >= 11 is 1.38. The molecule has 0 unspecified atom stereocenters. The number of aliphatic hydroxyl groups excluding tert-OH is 1. The highest BCUT2D eigenvalue weighted by atomic mass is 32.2. The molecule has 2 aromatic rings. The molecule has 2 N–H and O–H groups in total. The molecule has 2 aromatic heterocycles. The molecular weight excluding hydrogens is 320 g/mol. The molecule has 1 fully saturated rings. The molecular formula is C14H16N4O4S. The maximum absolute atomic E-state index is 11.9. The number of rotatable bonds is 4. The largest absolute Gasteiger partial charge is 0.390 e. The third kappa shape index (κ3) is 3.52. The molecule has 0 aliphatic carbocycles. The first-order chi connectivity index (χ1) is 11.0. The van der Waals surface area contributed by atoms with Gasteiger partial charge in [0, 0.05) is 36.3 Å². The van der Waals surface area contributed by atoms with Crippen molar-refractivity contribution in [3.05, 3.63) is 51.1 Å². The highest BCUT2D eigenvalue weighted by molar-refractivity contribution is 7.99.